The molecular formula is C41H23N3O2. The Balaban J connectivity index is 1.33. The number of hydrogen-bond acceptors (Lipinski definition) is 5. The Hall–Kier alpha value is -6.33. The Kier molecular flexibility index (Phi) is 5.22. The van der Waals surface area contributed by atoms with Crippen molar-refractivity contribution in [1.29, 1.82) is 0 Å². The van der Waals surface area contributed by atoms with Crippen LogP contribution in [0.5, 0.6) is 0 Å². The lowest BCUT2D eigenvalue weighted by Crippen LogP contribution is -2.01. The first kappa shape index (κ1) is 25.0. The van der Waals surface area contributed by atoms with Gasteiger partial charge < -0.3 is 8.83 Å². The van der Waals surface area contributed by atoms with E-state index in [4.69, 9.17) is 23.8 Å². The normalized spacial score (nSPS) is 11.9. The average molecular weight is 590 g/mol. The topological polar surface area (TPSA) is 65.0 Å². The van der Waals surface area contributed by atoms with Crippen LogP contribution in [0, 0.1) is 0 Å². The Morgan fingerprint density at radius 3 is 1.35 bits per heavy atom. The summed E-state index contributed by atoms with van der Waals surface area (Å²) in [5.74, 6) is 1.77. The van der Waals surface area contributed by atoms with Crippen molar-refractivity contribution in [3.8, 4) is 34.2 Å². The van der Waals surface area contributed by atoms with E-state index in [2.05, 4.69) is 78.9 Å². The van der Waals surface area contributed by atoms with Crippen molar-refractivity contribution in [3.05, 3.63) is 140 Å². The molecule has 5 heteroatoms. The third kappa shape index (κ3) is 3.66. The lowest BCUT2D eigenvalue weighted by Gasteiger charge is -2.13. The summed E-state index contributed by atoms with van der Waals surface area (Å²) in [6.45, 7) is 0. The predicted molar refractivity (Wildman–Crippen MR) is 186 cm³/mol. The summed E-state index contributed by atoms with van der Waals surface area (Å²) < 4.78 is 12.5. The van der Waals surface area contributed by atoms with E-state index in [1.165, 1.54) is 5.39 Å². The number of furan rings is 2. The summed E-state index contributed by atoms with van der Waals surface area (Å²) in [5.41, 5.74) is 5.97. The van der Waals surface area contributed by atoms with Gasteiger partial charge in [-0.1, -0.05) is 109 Å². The smallest absolute Gasteiger partial charge is 0.164 e. The molecule has 0 N–H and O–H groups in total. The lowest BCUT2D eigenvalue weighted by atomic mass is 9.96. The van der Waals surface area contributed by atoms with Crippen LogP contribution in [0.15, 0.2) is 148 Å². The summed E-state index contributed by atoms with van der Waals surface area (Å²) in [6, 6.07) is 47.5. The molecular weight excluding hydrogens is 566 g/mol. The average Bonchev–Trinajstić information content (AvgIpc) is 3.70. The summed E-state index contributed by atoms with van der Waals surface area (Å²) in [6.07, 6.45) is 0. The highest BCUT2D eigenvalue weighted by Crippen LogP contribution is 2.40. The van der Waals surface area contributed by atoms with Gasteiger partial charge in [-0.25, -0.2) is 15.0 Å². The van der Waals surface area contributed by atoms with Crippen molar-refractivity contribution in [2.75, 3.05) is 0 Å². The number of hydrogen-bond donors (Lipinski definition) is 0. The third-order valence-corrected chi connectivity index (χ3v) is 8.93. The number of rotatable bonds is 3. The van der Waals surface area contributed by atoms with Crippen LogP contribution in [0.1, 0.15) is 0 Å². The lowest BCUT2D eigenvalue weighted by molar-refractivity contribution is 0.668. The van der Waals surface area contributed by atoms with Gasteiger partial charge in [-0.3, -0.25) is 0 Å². The first-order valence-corrected chi connectivity index (χ1v) is 15.3. The largest absolute Gasteiger partial charge is 0.456 e. The molecule has 3 aromatic heterocycles. The zero-order valence-corrected chi connectivity index (χ0v) is 24.4. The molecule has 0 bridgehead atoms. The van der Waals surface area contributed by atoms with Gasteiger partial charge in [0.25, 0.3) is 0 Å². The summed E-state index contributed by atoms with van der Waals surface area (Å²) in [4.78, 5) is 15.7. The van der Waals surface area contributed by atoms with Gasteiger partial charge in [0.15, 0.2) is 17.5 Å². The van der Waals surface area contributed by atoms with Gasteiger partial charge >= 0.3 is 0 Å². The number of fused-ring (bicyclic) bond motifs is 9. The minimum absolute atomic E-state index is 0.583. The van der Waals surface area contributed by atoms with Crippen molar-refractivity contribution in [2.24, 2.45) is 0 Å². The van der Waals surface area contributed by atoms with Crippen LogP contribution >= 0.6 is 0 Å². The predicted octanol–water partition coefficient (Wildman–Crippen LogP) is 11.0. The molecule has 0 saturated carbocycles. The maximum atomic E-state index is 6.26. The fraction of sp³-hybridized carbons (Fsp3) is 0. The van der Waals surface area contributed by atoms with E-state index in [1.807, 2.05) is 60.7 Å². The number of para-hydroxylation sites is 2. The zero-order valence-electron chi connectivity index (χ0n) is 24.4. The zero-order chi connectivity index (χ0) is 30.2. The minimum atomic E-state index is 0.583. The van der Waals surface area contributed by atoms with Crippen LogP contribution in [-0.2, 0) is 0 Å². The van der Waals surface area contributed by atoms with Gasteiger partial charge in [0.05, 0.1) is 0 Å². The van der Waals surface area contributed by atoms with Crippen molar-refractivity contribution in [1.82, 2.24) is 15.0 Å². The van der Waals surface area contributed by atoms with E-state index in [0.29, 0.717) is 17.5 Å². The third-order valence-electron chi connectivity index (χ3n) is 8.93. The van der Waals surface area contributed by atoms with Gasteiger partial charge in [-0.2, -0.15) is 0 Å². The number of benzene rings is 7. The van der Waals surface area contributed by atoms with Crippen LogP contribution in [0.4, 0.5) is 0 Å². The van der Waals surface area contributed by atoms with Crippen LogP contribution in [-0.4, -0.2) is 15.0 Å². The van der Waals surface area contributed by atoms with Crippen molar-refractivity contribution < 1.29 is 8.83 Å². The maximum Gasteiger partial charge on any atom is 0.164 e. The first-order valence-electron chi connectivity index (χ1n) is 15.3. The van der Waals surface area contributed by atoms with Gasteiger partial charge in [0, 0.05) is 38.2 Å². The molecule has 10 aromatic rings. The summed E-state index contributed by atoms with van der Waals surface area (Å²) in [5, 5.41) is 8.58. The molecule has 0 aliphatic heterocycles. The van der Waals surface area contributed by atoms with Crippen molar-refractivity contribution in [3.63, 3.8) is 0 Å². The van der Waals surface area contributed by atoms with Crippen molar-refractivity contribution >= 4 is 65.4 Å². The highest BCUT2D eigenvalue weighted by Gasteiger charge is 2.21. The number of nitrogens with zero attached hydrogens (tertiary/aromatic N) is 3. The molecule has 46 heavy (non-hydrogen) atoms. The Morgan fingerprint density at radius 1 is 0.326 bits per heavy atom. The maximum absolute atomic E-state index is 6.26. The molecule has 7 aromatic carbocycles. The standard InChI is InChI=1S/C41H23N3O2/c1-2-12-25-24(11-1)23-32(27-14-4-3-13-26(25)27)41-43-39(30-17-9-21-35-37(30)28-15-5-7-19-33(28)45-35)42-40(44-41)31-18-10-22-36-38(31)29-16-6-8-20-34(29)46-36/h1-23H. The van der Waals surface area contributed by atoms with E-state index in [1.54, 1.807) is 0 Å². The van der Waals surface area contributed by atoms with E-state index in [-0.39, 0.29) is 0 Å². The van der Waals surface area contributed by atoms with Crippen LogP contribution in [0.25, 0.3) is 99.6 Å². The summed E-state index contributed by atoms with van der Waals surface area (Å²) >= 11 is 0. The fourth-order valence-electron chi connectivity index (χ4n) is 6.90. The first-order chi connectivity index (χ1) is 22.8. The minimum Gasteiger partial charge on any atom is -0.456 e. The van der Waals surface area contributed by atoms with E-state index in [9.17, 15) is 0 Å². The van der Waals surface area contributed by atoms with E-state index >= 15 is 0 Å². The Labute approximate surface area is 262 Å². The van der Waals surface area contributed by atoms with E-state index in [0.717, 1.165) is 76.7 Å². The highest BCUT2D eigenvalue weighted by atomic mass is 16.3. The van der Waals surface area contributed by atoms with Gasteiger partial charge in [0.1, 0.15) is 22.3 Å². The molecule has 0 aliphatic carbocycles. The van der Waals surface area contributed by atoms with Crippen LogP contribution in [0.2, 0.25) is 0 Å². The van der Waals surface area contributed by atoms with Crippen LogP contribution in [0.3, 0.4) is 0 Å². The van der Waals surface area contributed by atoms with Crippen LogP contribution < -0.4 is 0 Å². The number of aromatic nitrogens is 3. The molecule has 10 rings (SSSR count). The SMILES string of the molecule is c1ccc2c(c1)cc(-c1nc(-c3cccc4oc5ccccc5c34)nc(-c3cccc4oc5ccccc5c34)n1)c1ccccc12. The molecule has 0 amide bonds. The second-order valence-electron chi connectivity index (χ2n) is 11.6. The van der Waals surface area contributed by atoms with Crippen molar-refractivity contribution in [2.45, 2.75) is 0 Å². The molecule has 0 saturated heterocycles. The second kappa shape index (κ2) is 9.58. The van der Waals surface area contributed by atoms with Gasteiger partial charge in [-0.15, -0.1) is 0 Å². The molecule has 214 valence electrons. The Morgan fingerprint density at radius 2 is 0.761 bits per heavy atom. The van der Waals surface area contributed by atoms with Gasteiger partial charge in [0.2, 0.25) is 0 Å². The molecule has 0 atom stereocenters. The molecule has 0 spiro atoms. The molecule has 0 unspecified atom stereocenters. The molecule has 0 radical (unpaired) electrons. The molecule has 3 heterocycles. The Bertz CT molecular complexity index is 2700. The monoisotopic (exact) mass is 589 g/mol. The molecule has 0 aliphatic rings. The second-order valence-corrected chi connectivity index (χ2v) is 11.6. The van der Waals surface area contributed by atoms with E-state index < -0.39 is 0 Å². The quantitative estimate of drug-likeness (QED) is 0.192. The van der Waals surface area contributed by atoms with Gasteiger partial charge in [-0.05, 0) is 51.9 Å². The molecule has 0 fully saturated rings. The molecule has 5 nitrogen and oxygen atoms in total. The summed E-state index contributed by atoms with van der Waals surface area (Å²) in [7, 11) is 0. The highest BCUT2D eigenvalue weighted by molar-refractivity contribution is 6.15. The fourth-order valence-corrected chi connectivity index (χ4v) is 6.90.